The summed E-state index contributed by atoms with van der Waals surface area (Å²) < 4.78 is 45.2. The molecular formula is C34H34F2N4O8. The maximum Gasteiger partial charge on any atom is 0.511 e. The third-order valence-corrected chi connectivity index (χ3v) is 9.11. The first-order valence-corrected chi connectivity index (χ1v) is 15.5. The van der Waals surface area contributed by atoms with E-state index in [0.717, 1.165) is 22.9 Å². The van der Waals surface area contributed by atoms with Crippen LogP contribution in [0.3, 0.4) is 0 Å². The van der Waals surface area contributed by atoms with Gasteiger partial charge >= 0.3 is 6.16 Å². The monoisotopic (exact) mass is 664 g/mol. The molecule has 1 saturated heterocycles. The van der Waals surface area contributed by atoms with E-state index in [0.29, 0.717) is 25.3 Å². The fourth-order valence-electron chi connectivity index (χ4n) is 6.43. The van der Waals surface area contributed by atoms with Crippen molar-refractivity contribution in [2.45, 2.75) is 70.9 Å². The Morgan fingerprint density at radius 2 is 1.90 bits per heavy atom. The Kier molecular flexibility index (Phi) is 8.91. The van der Waals surface area contributed by atoms with E-state index in [-0.39, 0.29) is 37.0 Å². The molecule has 2 bridgehead atoms. The Bertz CT molecular complexity index is 1880. The number of ether oxygens (including phenoxy) is 3. The number of nitrogens with one attached hydrogen (secondary N) is 1. The predicted molar refractivity (Wildman–Crippen MR) is 166 cm³/mol. The van der Waals surface area contributed by atoms with Gasteiger partial charge in [0, 0.05) is 43.4 Å². The molecule has 12 nitrogen and oxygen atoms in total. The van der Waals surface area contributed by atoms with Crippen LogP contribution in [0.4, 0.5) is 13.6 Å². The number of amides is 2. The van der Waals surface area contributed by atoms with Gasteiger partial charge in [-0.05, 0) is 50.8 Å². The van der Waals surface area contributed by atoms with Crippen LogP contribution >= 0.6 is 0 Å². The first kappa shape index (κ1) is 32.7. The van der Waals surface area contributed by atoms with Gasteiger partial charge in [0.15, 0.2) is 11.3 Å². The fourth-order valence-corrected chi connectivity index (χ4v) is 6.43. The second-order valence-electron chi connectivity index (χ2n) is 12.3. The second kappa shape index (κ2) is 13.1. The summed E-state index contributed by atoms with van der Waals surface area (Å²) in [5.41, 5.74) is 0.0294. The van der Waals surface area contributed by atoms with Crippen molar-refractivity contribution in [3.05, 3.63) is 98.5 Å². The van der Waals surface area contributed by atoms with Crippen LogP contribution in [0.2, 0.25) is 0 Å². The minimum Gasteiger partial charge on any atom is -0.451 e. The van der Waals surface area contributed by atoms with Crippen molar-refractivity contribution in [2.24, 2.45) is 5.16 Å². The molecule has 3 aliphatic heterocycles. The highest BCUT2D eigenvalue weighted by Gasteiger charge is 2.54. The molecular weight excluding hydrogens is 630 g/mol. The molecule has 252 valence electrons. The Morgan fingerprint density at radius 3 is 2.62 bits per heavy atom. The molecule has 3 atom stereocenters. The van der Waals surface area contributed by atoms with E-state index < -0.39 is 64.8 Å². The highest BCUT2D eigenvalue weighted by atomic mass is 19.1. The zero-order valence-electron chi connectivity index (χ0n) is 26.6. The number of carbonyl (C=O) groups excluding carboxylic acids is 3. The molecule has 14 heteroatoms. The maximum absolute atomic E-state index is 14.3. The molecule has 4 heterocycles. The summed E-state index contributed by atoms with van der Waals surface area (Å²) in [6, 6.07) is 9.42. The van der Waals surface area contributed by atoms with Gasteiger partial charge in [0.2, 0.25) is 18.0 Å². The van der Waals surface area contributed by atoms with Crippen molar-refractivity contribution in [2.75, 3.05) is 13.3 Å². The lowest BCUT2D eigenvalue weighted by atomic mass is 9.84. The molecule has 48 heavy (non-hydrogen) atoms. The molecule has 0 saturated carbocycles. The lowest BCUT2D eigenvalue weighted by Gasteiger charge is -2.42. The van der Waals surface area contributed by atoms with Crippen LogP contribution in [-0.2, 0) is 27.5 Å². The number of oxime groups is 1. The van der Waals surface area contributed by atoms with Crippen molar-refractivity contribution >= 4 is 23.7 Å². The number of rotatable bonds is 8. The van der Waals surface area contributed by atoms with Crippen molar-refractivity contribution in [1.82, 2.24) is 14.8 Å². The molecule has 1 spiro atoms. The van der Waals surface area contributed by atoms with E-state index in [2.05, 4.69) is 10.5 Å². The van der Waals surface area contributed by atoms with Gasteiger partial charge in [-0.15, -0.1) is 0 Å². The predicted octanol–water partition coefficient (Wildman–Crippen LogP) is 4.77. The van der Waals surface area contributed by atoms with Crippen LogP contribution in [-0.4, -0.2) is 58.1 Å². The van der Waals surface area contributed by atoms with E-state index >= 15 is 0 Å². The summed E-state index contributed by atoms with van der Waals surface area (Å²) in [5, 5.41) is 6.69. The number of fused-ring (bicyclic) bond motifs is 5. The summed E-state index contributed by atoms with van der Waals surface area (Å²) in [5.74, 6) is -3.57. The summed E-state index contributed by atoms with van der Waals surface area (Å²) in [4.78, 5) is 61.5. The number of hydrogen-bond donors (Lipinski definition) is 1. The molecule has 1 N–H and O–H groups in total. The number of aromatic nitrogens is 1. The smallest absolute Gasteiger partial charge is 0.451 e. The fraction of sp³-hybridized carbons (Fsp3) is 0.382. The molecule has 1 fully saturated rings. The number of nitrogens with zero attached hydrogens (tertiary/aromatic N) is 3. The first-order chi connectivity index (χ1) is 23.0. The van der Waals surface area contributed by atoms with Crippen LogP contribution in [0.1, 0.15) is 76.7 Å². The topological polar surface area (TPSA) is 138 Å². The molecule has 6 rings (SSSR count). The zero-order chi connectivity index (χ0) is 34.2. The molecule has 2 amide bonds. The summed E-state index contributed by atoms with van der Waals surface area (Å²) in [6.07, 6.45) is 1.77. The van der Waals surface area contributed by atoms with E-state index in [1.165, 1.54) is 16.8 Å². The number of benzene rings is 2. The van der Waals surface area contributed by atoms with Crippen molar-refractivity contribution in [1.29, 1.82) is 0 Å². The third kappa shape index (κ3) is 6.21. The number of carbonyl (C=O) groups is 3. The average molecular weight is 665 g/mol. The Morgan fingerprint density at radius 1 is 1.10 bits per heavy atom. The van der Waals surface area contributed by atoms with Gasteiger partial charge in [0.05, 0.1) is 11.8 Å². The Labute approximate surface area is 274 Å². The number of pyridine rings is 1. The highest BCUT2D eigenvalue weighted by molar-refractivity contribution is 5.99. The van der Waals surface area contributed by atoms with Gasteiger partial charge in [-0.2, -0.15) is 0 Å². The van der Waals surface area contributed by atoms with Gasteiger partial charge < -0.3 is 33.8 Å². The normalized spacial score (nSPS) is 21.1. The van der Waals surface area contributed by atoms with Crippen LogP contribution in [0.25, 0.3) is 0 Å². The number of hydrogen-bond acceptors (Lipinski definition) is 9. The Hall–Kier alpha value is -5.27. The van der Waals surface area contributed by atoms with Gasteiger partial charge in [-0.3, -0.25) is 14.4 Å². The second-order valence-corrected chi connectivity index (χ2v) is 12.3. The summed E-state index contributed by atoms with van der Waals surface area (Å²) in [6.45, 7) is 4.58. The van der Waals surface area contributed by atoms with Crippen LogP contribution in [0, 0.1) is 18.6 Å². The van der Waals surface area contributed by atoms with Gasteiger partial charge in [-0.25, -0.2) is 13.6 Å². The largest absolute Gasteiger partial charge is 0.511 e. The van der Waals surface area contributed by atoms with E-state index in [9.17, 15) is 28.0 Å². The lowest BCUT2D eigenvalue weighted by molar-refractivity contribution is -0.0658. The molecule has 3 aromatic rings. The zero-order valence-corrected chi connectivity index (χ0v) is 26.6. The maximum atomic E-state index is 14.3. The Balaban J connectivity index is 1.33. The van der Waals surface area contributed by atoms with Crippen molar-refractivity contribution < 1.29 is 42.2 Å². The third-order valence-electron chi connectivity index (χ3n) is 9.11. The van der Waals surface area contributed by atoms with E-state index in [1.54, 1.807) is 17.0 Å². The van der Waals surface area contributed by atoms with Crippen LogP contribution < -0.4 is 15.5 Å². The minimum atomic E-state index is -1.08. The minimum absolute atomic E-state index is 0.00796. The molecule has 2 aromatic carbocycles. The molecule has 0 unspecified atom stereocenters. The standard InChI is InChI=1S/C34H34F2N4O8/c1-19-6-4-5-7-23(19)17-45-33(44)47-18-46-30-28-32(43)39-16-27(34(11-10-21(39)3)13-20(2)38-48-34)40(28)15-25(29(30)41)31(42)37-14-22-8-9-24(35)12-26(22)36/h4-9,12,15,21,27H,10-11,13-14,16-18H2,1-3H3,(H,37,42)/t21-,27+,34-/m0/s1. The quantitative estimate of drug-likeness (QED) is 0.269. The first-order valence-electron chi connectivity index (χ1n) is 15.5. The van der Waals surface area contributed by atoms with Crippen LogP contribution in [0.15, 0.2) is 58.6 Å². The molecule has 3 aliphatic rings. The van der Waals surface area contributed by atoms with Gasteiger partial charge in [0.25, 0.3) is 11.8 Å². The van der Waals surface area contributed by atoms with E-state index in [1.807, 2.05) is 32.9 Å². The number of halogens is 2. The molecule has 0 aliphatic carbocycles. The summed E-state index contributed by atoms with van der Waals surface area (Å²) in [7, 11) is 0. The van der Waals surface area contributed by atoms with Gasteiger partial charge in [-0.1, -0.05) is 35.5 Å². The van der Waals surface area contributed by atoms with Crippen molar-refractivity contribution in [3.8, 4) is 5.75 Å². The molecule has 0 radical (unpaired) electrons. The van der Waals surface area contributed by atoms with E-state index in [4.69, 9.17) is 19.0 Å². The lowest BCUT2D eigenvalue weighted by Crippen LogP contribution is -2.52. The highest BCUT2D eigenvalue weighted by Crippen LogP contribution is 2.46. The summed E-state index contributed by atoms with van der Waals surface area (Å²) >= 11 is 0. The SMILES string of the molecule is CC1=NO[C@@]2(CC[C@H](C)N3C[C@H]2n2cc(C(=O)NCc4ccc(F)cc4F)c(=O)c(OCOC(=O)OCc4ccccc4C)c2C3=O)C1. The van der Waals surface area contributed by atoms with Crippen molar-refractivity contribution in [3.63, 3.8) is 0 Å². The van der Waals surface area contributed by atoms with Gasteiger partial charge in [0.1, 0.15) is 23.8 Å². The number of aryl methyl sites for hydroxylation is 1. The van der Waals surface area contributed by atoms with Crippen LogP contribution in [0.5, 0.6) is 5.75 Å². The molecule has 1 aromatic heterocycles. The average Bonchev–Trinajstić information content (AvgIpc) is 3.39.